The van der Waals surface area contributed by atoms with Crippen molar-refractivity contribution in [1.82, 2.24) is 4.90 Å². The lowest BCUT2D eigenvalue weighted by atomic mass is 10.1. The molecule has 1 heterocycles. The molecule has 2 rings (SSSR count). The van der Waals surface area contributed by atoms with Crippen LogP contribution >= 0.6 is 12.4 Å². The Morgan fingerprint density at radius 2 is 2.30 bits per heavy atom. The van der Waals surface area contributed by atoms with E-state index in [0.29, 0.717) is 24.8 Å². The summed E-state index contributed by atoms with van der Waals surface area (Å²) >= 11 is 0. The van der Waals surface area contributed by atoms with Gasteiger partial charge in [0, 0.05) is 18.7 Å². The van der Waals surface area contributed by atoms with E-state index in [9.17, 15) is 9.18 Å². The summed E-state index contributed by atoms with van der Waals surface area (Å²) in [6.45, 7) is 3.22. The van der Waals surface area contributed by atoms with E-state index in [4.69, 9.17) is 10.5 Å². The third kappa shape index (κ3) is 4.08. The van der Waals surface area contributed by atoms with Crippen molar-refractivity contribution in [1.29, 1.82) is 0 Å². The smallest absolute Gasteiger partial charge is 0.260 e. The lowest BCUT2D eigenvalue weighted by Crippen LogP contribution is -2.37. The second-order valence-corrected chi connectivity index (χ2v) is 4.98. The topological polar surface area (TPSA) is 55.6 Å². The predicted octanol–water partition coefficient (Wildman–Crippen LogP) is 1.82. The van der Waals surface area contributed by atoms with Crippen molar-refractivity contribution in [3.05, 3.63) is 30.1 Å². The van der Waals surface area contributed by atoms with Crippen molar-refractivity contribution < 1.29 is 13.9 Å². The van der Waals surface area contributed by atoms with E-state index in [1.165, 1.54) is 12.1 Å². The van der Waals surface area contributed by atoms with Gasteiger partial charge in [-0.15, -0.1) is 12.4 Å². The fraction of sp³-hybridized carbons (Fsp3) is 0.500. The normalized spacial score (nSPS) is 21.4. The van der Waals surface area contributed by atoms with Crippen LogP contribution < -0.4 is 10.5 Å². The maximum atomic E-state index is 13.0. The highest BCUT2D eigenvalue weighted by molar-refractivity contribution is 5.85. The monoisotopic (exact) mass is 302 g/mol. The number of benzene rings is 1. The fourth-order valence-electron chi connectivity index (χ4n) is 2.45. The Kier molecular flexibility index (Phi) is 6.23. The van der Waals surface area contributed by atoms with Crippen molar-refractivity contribution in [2.45, 2.75) is 19.4 Å². The van der Waals surface area contributed by atoms with Gasteiger partial charge in [0.25, 0.3) is 5.91 Å². The Morgan fingerprint density at radius 3 is 2.90 bits per heavy atom. The van der Waals surface area contributed by atoms with Crippen LogP contribution in [0.1, 0.15) is 13.3 Å². The van der Waals surface area contributed by atoms with Crippen molar-refractivity contribution >= 4 is 18.3 Å². The number of hydrogen-bond acceptors (Lipinski definition) is 3. The lowest BCUT2D eigenvalue weighted by molar-refractivity contribution is -0.134. The Labute approximate surface area is 124 Å². The third-order valence-electron chi connectivity index (χ3n) is 3.47. The van der Waals surface area contributed by atoms with E-state index in [1.807, 2.05) is 6.92 Å². The maximum absolute atomic E-state index is 13.0. The molecule has 2 unspecified atom stereocenters. The largest absolute Gasteiger partial charge is 0.484 e. The van der Waals surface area contributed by atoms with Gasteiger partial charge in [0.15, 0.2) is 6.61 Å². The summed E-state index contributed by atoms with van der Waals surface area (Å²) < 4.78 is 18.3. The van der Waals surface area contributed by atoms with E-state index in [1.54, 1.807) is 17.0 Å². The zero-order valence-corrected chi connectivity index (χ0v) is 12.2. The minimum absolute atomic E-state index is 0. The summed E-state index contributed by atoms with van der Waals surface area (Å²) in [5, 5.41) is 0. The molecule has 1 aliphatic rings. The molecule has 2 N–H and O–H groups in total. The first-order valence-corrected chi connectivity index (χ1v) is 6.48. The molecule has 1 aromatic carbocycles. The van der Waals surface area contributed by atoms with Gasteiger partial charge in [-0.1, -0.05) is 6.07 Å². The van der Waals surface area contributed by atoms with Gasteiger partial charge in [-0.05, 0) is 37.9 Å². The number of nitrogens with two attached hydrogens (primary N) is 1. The lowest BCUT2D eigenvalue weighted by Gasteiger charge is -2.21. The van der Waals surface area contributed by atoms with Crippen LogP contribution in [0.15, 0.2) is 24.3 Å². The second-order valence-electron chi connectivity index (χ2n) is 4.98. The molecule has 1 aliphatic heterocycles. The number of likely N-dealkylation sites (tertiary alicyclic amines) is 1. The number of carbonyl (C=O) groups is 1. The number of hydrogen-bond donors (Lipinski definition) is 1. The first-order chi connectivity index (χ1) is 9.10. The first kappa shape index (κ1) is 16.7. The van der Waals surface area contributed by atoms with Gasteiger partial charge < -0.3 is 15.4 Å². The summed E-state index contributed by atoms with van der Waals surface area (Å²) in [5.41, 5.74) is 5.63. The highest BCUT2D eigenvalue weighted by Crippen LogP contribution is 2.22. The van der Waals surface area contributed by atoms with Gasteiger partial charge in [0.05, 0.1) is 0 Å². The molecule has 1 amide bonds. The summed E-state index contributed by atoms with van der Waals surface area (Å²) in [4.78, 5) is 13.8. The van der Waals surface area contributed by atoms with Gasteiger partial charge in [0.1, 0.15) is 11.6 Å². The average molecular weight is 303 g/mol. The summed E-state index contributed by atoms with van der Waals surface area (Å²) in [5.74, 6) is 0.291. The number of carbonyl (C=O) groups excluding carboxylic acids is 1. The average Bonchev–Trinajstić information content (AvgIpc) is 2.77. The molecule has 0 radical (unpaired) electrons. The van der Waals surface area contributed by atoms with Gasteiger partial charge in [-0.3, -0.25) is 4.79 Å². The Hall–Kier alpha value is -1.33. The SMILES string of the molecule is CC1CC(CN)CN1C(=O)COc1cccc(F)c1.Cl. The summed E-state index contributed by atoms with van der Waals surface area (Å²) in [6, 6.07) is 5.98. The predicted molar refractivity (Wildman–Crippen MR) is 77.5 cm³/mol. The van der Waals surface area contributed by atoms with Crippen LogP contribution in [-0.2, 0) is 4.79 Å². The van der Waals surface area contributed by atoms with Crippen LogP contribution in [0.3, 0.4) is 0 Å². The minimum atomic E-state index is -0.373. The standard InChI is InChI=1S/C14H19FN2O2.ClH/c1-10-5-11(7-16)8-17(10)14(18)9-19-13-4-2-3-12(15)6-13;/h2-4,6,10-11H,5,7-9,16H2,1H3;1H. The zero-order valence-electron chi connectivity index (χ0n) is 11.4. The molecule has 0 spiro atoms. The Morgan fingerprint density at radius 1 is 1.55 bits per heavy atom. The van der Waals surface area contributed by atoms with E-state index in [0.717, 1.165) is 6.42 Å². The Balaban J connectivity index is 0.00000200. The molecule has 1 aromatic rings. The molecule has 4 nitrogen and oxygen atoms in total. The highest BCUT2D eigenvalue weighted by atomic mass is 35.5. The van der Waals surface area contributed by atoms with Crippen LogP contribution in [0.4, 0.5) is 4.39 Å². The van der Waals surface area contributed by atoms with Crippen LogP contribution in [0.2, 0.25) is 0 Å². The minimum Gasteiger partial charge on any atom is -0.484 e. The molecular formula is C14H20ClFN2O2. The molecule has 20 heavy (non-hydrogen) atoms. The molecule has 0 bridgehead atoms. The van der Waals surface area contributed by atoms with Gasteiger partial charge in [0.2, 0.25) is 0 Å². The van der Waals surface area contributed by atoms with Crippen LogP contribution in [0.25, 0.3) is 0 Å². The third-order valence-corrected chi connectivity index (χ3v) is 3.47. The van der Waals surface area contributed by atoms with Crippen molar-refractivity contribution in [3.8, 4) is 5.75 Å². The van der Waals surface area contributed by atoms with E-state index in [-0.39, 0.29) is 36.8 Å². The van der Waals surface area contributed by atoms with Crippen molar-refractivity contribution in [2.24, 2.45) is 11.7 Å². The van der Waals surface area contributed by atoms with Gasteiger partial charge >= 0.3 is 0 Å². The summed E-state index contributed by atoms with van der Waals surface area (Å²) in [6.07, 6.45) is 0.933. The van der Waals surface area contributed by atoms with E-state index in [2.05, 4.69) is 0 Å². The molecule has 0 aromatic heterocycles. The fourth-order valence-corrected chi connectivity index (χ4v) is 2.45. The molecule has 1 saturated heterocycles. The van der Waals surface area contributed by atoms with Crippen LogP contribution in [-0.4, -0.2) is 36.5 Å². The van der Waals surface area contributed by atoms with E-state index >= 15 is 0 Å². The number of ether oxygens (including phenoxy) is 1. The molecular weight excluding hydrogens is 283 g/mol. The molecule has 112 valence electrons. The second kappa shape index (κ2) is 7.45. The zero-order chi connectivity index (χ0) is 13.8. The van der Waals surface area contributed by atoms with E-state index < -0.39 is 0 Å². The summed E-state index contributed by atoms with van der Waals surface area (Å²) in [7, 11) is 0. The number of rotatable bonds is 4. The number of halogens is 2. The Bertz CT molecular complexity index is 459. The van der Waals surface area contributed by atoms with Crippen LogP contribution in [0.5, 0.6) is 5.75 Å². The number of amides is 1. The highest BCUT2D eigenvalue weighted by Gasteiger charge is 2.31. The maximum Gasteiger partial charge on any atom is 0.260 e. The molecule has 0 saturated carbocycles. The molecule has 1 fully saturated rings. The van der Waals surface area contributed by atoms with Crippen molar-refractivity contribution in [2.75, 3.05) is 19.7 Å². The number of nitrogens with zero attached hydrogens (tertiary/aromatic N) is 1. The van der Waals surface area contributed by atoms with Gasteiger partial charge in [-0.2, -0.15) is 0 Å². The van der Waals surface area contributed by atoms with Gasteiger partial charge in [-0.25, -0.2) is 4.39 Å². The molecule has 2 atom stereocenters. The quantitative estimate of drug-likeness (QED) is 0.923. The molecule has 0 aliphatic carbocycles. The molecule has 6 heteroatoms. The van der Waals surface area contributed by atoms with Crippen LogP contribution in [0, 0.1) is 11.7 Å². The van der Waals surface area contributed by atoms with Crippen molar-refractivity contribution in [3.63, 3.8) is 0 Å². The first-order valence-electron chi connectivity index (χ1n) is 6.48.